The number of anilines is 1. The van der Waals surface area contributed by atoms with Crippen molar-refractivity contribution in [3.05, 3.63) is 59.7 Å². The molecule has 0 atom stereocenters. The Morgan fingerprint density at radius 3 is 2.79 bits per heavy atom. The van der Waals surface area contributed by atoms with Crippen LogP contribution in [-0.2, 0) is 0 Å². The van der Waals surface area contributed by atoms with E-state index in [1.54, 1.807) is 31.3 Å². The molecule has 0 radical (unpaired) electrons. The SMILES string of the molecule is CN(C(=O)c1ccc(F)nc1)c1cccc(C#N)c1. The molecule has 0 spiro atoms. The number of nitrogens with zero attached hydrogens (tertiary/aromatic N) is 3. The van der Waals surface area contributed by atoms with E-state index in [0.717, 1.165) is 6.07 Å². The molecule has 0 N–H and O–H groups in total. The fourth-order valence-corrected chi connectivity index (χ4v) is 1.60. The number of benzene rings is 1. The molecule has 94 valence electrons. The number of carbonyl (C=O) groups excluding carboxylic acids is 1. The minimum Gasteiger partial charge on any atom is -0.311 e. The van der Waals surface area contributed by atoms with Crippen LogP contribution in [0.4, 0.5) is 10.1 Å². The van der Waals surface area contributed by atoms with Crippen molar-refractivity contribution in [1.82, 2.24) is 4.98 Å². The van der Waals surface area contributed by atoms with Crippen molar-refractivity contribution in [2.45, 2.75) is 0 Å². The largest absolute Gasteiger partial charge is 0.311 e. The van der Waals surface area contributed by atoms with Gasteiger partial charge in [-0.2, -0.15) is 9.65 Å². The molecule has 1 heterocycles. The third kappa shape index (κ3) is 2.75. The van der Waals surface area contributed by atoms with Gasteiger partial charge >= 0.3 is 0 Å². The second-order valence-corrected chi connectivity index (χ2v) is 3.90. The Bertz CT molecular complexity index is 646. The average Bonchev–Trinajstić information content (AvgIpc) is 2.46. The minimum atomic E-state index is -0.634. The highest BCUT2D eigenvalue weighted by Gasteiger charge is 2.14. The number of pyridine rings is 1. The van der Waals surface area contributed by atoms with Crippen molar-refractivity contribution in [2.24, 2.45) is 0 Å². The first kappa shape index (κ1) is 12.7. The molecule has 0 bridgehead atoms. The van der Waals surface area contributed by atoms with Gasteiger partial charge in [-0.25, -0.2) is 4.98 Å². The van der Waals surface area contributed by atoms with Crippen molar-refractivity contribution in [3.8, 4) is 6.07 Å². The summed E-state index contributed by atoms with van der Waals surface area (Å²) < 4.78 is 12.7. The maximum Gasteiger partial charge on any atom is 0.259 e. The average molecular weight is 255 g/mol. The van der Waals surface area contributed by atoms with Gasteiger partial charge in [0.25, 0.3) is 5.91 Å². The number of carbonyl (C=O) groups is 1. The molecular weight excluding hydrogens is 245 g/mol. The van der Waals surface area contributed by atoms with Gasteiger partial charge in [-0.1, -0.05) is 6.07 Å². The summed E-state index contributed by atoms with van der Waals surface area (Å²) in [6.45, 7) is 0. The summed E-state index contributed by atoms with van der Waals surface area (Å²) in [4.78, 5) is 17.0. The van der Waals surface area contributed by atoms with Crippen LogP contribution in [0.15, 0.2) is 42.6 Å². The van der Waals surface area contributed by atoms with Crippen LogP contribution in [0.2, 0.25) is 0 Å². The lowest BCUT2D eigenvalue weighted by Crippen LogP contribution is -2.26. The predicted octanol–water partition coefficient (Wildman–Crippen LogP) is 2.37. The van der Waals surface area contributed by atoms with Crippen LogP contribution in [-0.4, -0.2) is 17.9 Å². The van der Waals surface area contributed by atoms with Gasteiger partial charge in [-0.3, -0.25) is 4.79 Å². The molecule has 0 saturated heterocycles. The first-order chi connectivity index (χ1) is 9.11. The van der Waals surface area contributed by atoms with E-state index in [1.807, 2.05) is 6.07 Å². The highest BCUT2D eigenvalue weighted by molar-refractivity contribution is 6.05. The molecule has 2 aromatic rings. The van der Waals surface area contributed by atoms with Crippen molar-refractivity contribution in [2.75, 3.05) is 11.9 Å². The molecule has 2 rings (SSSR count). The number of rotatable bonds is 2. The molecule has 0 unspecified atom stereocenters. The molecule has 0 aliphatic rings. The van der Waals surface area contributed by atoms with Crippen molar-refractivity contribution in [3.63, 3.8) is 0 Å². The van der Waals surface area contributed by atoms with E-state index < -0.39 is 5.95 Å². The third-order valence-electron chi connectivity index (χ3n) is 2.64. The highest BCUT2D eigenvalue weighted by atomic mass is 19.1. The van der Waals surface area contributed by atoms with Crippen LogP contribution < -0.4 is 4.90 Å². The number of aromatic nitrogens is 1. The minimum absolute atomic E-state index is 0.284. The Hall–Kier alpha value is -2.74. The predicted molar refractivity (Wildman–Crippen MR) is 68.1 cm³/mol. The van der Waals surface area contributed by atoms with Gasteiger partial charge in [0.05, 0.1) is 17.2 Å². The molecule has 5 heteroatoms. The zero-order valence-corrected chi connectivity index (χ0v) is 10.2. The van der Waals surface area contributed by atoms with Crippen LogP contribution in [0.5, 0.6) is 0 Å². The Labute approximate surface area is 109 Å². The summed E-state index contributed by atoms with van der Waals surface area (Å²) >= 11 is 0. The fourth-order valence-electron chi connectivity index (χ4n) is 1.60. The molecule has 1 aromatic carbocycles. The number of nitriles is 1. The summed E-state index contributed by atoms with van der Waals surface area (Å²) in [5.41, 5.74) is 1.34. The fraction of sp³-hybridized carbons (Fsp3) is 0.0714. The topological polar surface area (TPSA) is 57.0 Å². The van der Waals surface area contributed by atoms with E-state index in [9.17, 15) is 9.18 Å². The second-order valence-electron chi connectivity index (χ2n) is 3.90. The quantitative estimate of drug-likeness (QED) is 0.774. The number of halogens is 1. The van der Waals surface area contributed by atoms with Gasteiger partial charge in [0.15, 0.2) is 0 Å². The van der Waals surface area contributed by atoms with Crippen molar-refractivity contribution >= 4 is 11.6 Å². The van der Waals surface area contributed by atoms with Gasteiger partial charge in [0.1, 0.15) is 0 Å². The summed E-state index contributed by atoms with van der Waals surface area (Å²) in [6.07, 6.45) is 1.18. The lowest BCUT2D eigenvalue weighted by atomic mass is 10.2. The van der Waals surface area contributed by atoms with Gasteiger partial charge in [0.2, 0.25) is 5.95 Å². The van der Waals surface area contributed by atoms with Crippen LogP contribution in [0.3, 0.4) is 0 Å². The van der Waals surface area contributed by atoms with E-state index in [1.165, 1.54) is 17.2 Å². The maximum absolute atomic E-state index is 12.7. The normalized spacial score (nSPS) is 9.74. The standard InChI is InChI=1S/C14H10FN3O/c1-18(12-4-2-3-10(7-12)8-16)14(19)11-5-6-13(15)17-9-11/h2-7,9H,1H3. The van der Waals surface area contributed by atoms with E-state index >= 15 is 0 Å². The summed E-state index contributed by atoms with van der Waals surface area (Å²) in [7, 11) is 1.59. The summed E-state index contributed by atoms with van der Waals surface area (Å²) in [5.74, 6) is -0.951. The Kier molecular flexibility index (Phi) is 3.53. The van der Waals surface area contributed by atoms with Crippen LogP contribution in [0.25, 0.3) is 0 Å². The van der Waals surface area contributed by atoms with Crippen LogP contribution >= 0.6 is 0 Å². The summed E-state index contributed by atoms with van der Waals surface area (Å²) in [6, 6.07) is 11.2. The highest BCUT2D eigenvalue weighted by Crippen LogP contribution is 2.16. The van der Waals surface area contributed by atoms with Gasteiger partial charge in [-0.05, 0) is 30.3 Å². The van der Waals surface area contributed by atoms with Crippen molar-refractivity contribution < 1.29 is 9.18 Å². The van der Waals surface area contributed by atoms with Crippen LogP contribution in [0, 0.1) is 17.3 Å². The molecular formula is C14H10FN3O. The monoisotopic (exact) mass is 255 g/mol. The third-order valence-corrected chi connectivity index (χ3v) is 2.64. The van der Waals surface area contributed by atoms with Crippen LogP contribution in [0.1, 0.15) is 15.9 Å². The molecule has 1 amide bonds. The first-order valence-corrected chi connectivity index (χ1v) is 5.51. The Morgan fingerprint density at radius 1 is 1.37 bits per heavy atom. The number of hydrogen-bond acceptors (Lipinski definition) is 3. The molecule has 4 nitrogen and oxygen atoms in total. The van der Waals surface area contributed by atoms with Gasteiger partial charge in [0, 0.05) is 18.9 Å². The molecule has 0 aliphatic carbocycles. The van der Waals surface area contributed by atoms with E-state index in [2.05, 4.69) is 4.98 Å². The smallest absolute Gasteiger partial charge is 0.259 e. The number of hydrogen-bond donors (Lipinski definition) is 0. The maximum atomic E-state index is 12.7. The molecule has 0 aliphatic heterocycles. The Morgan fingerprint density at radius 2 is 2.16 bits per heavy atom. The molecule has 19 heavy (non-hydrogen) atoms. The van der Waals surface area contributed by atoms with Gasteiger partial charge in [-0.15, -0.1) is 0 Å². The molecule has 1 aromatic heterocycles. The van der Waals surface area contributed by atoms with Crippen molar-refractivity contribution in [1.29, 1.82) is 5.26 Å². The van der Waals surface area contributed by atoms with E-state index in [-0.39, 0.29) is 11.5 Å². The van der Waals surface area contributed by atoms with Gasteiger partial charge < -0.3 is 4.90 Å². The number of amides is 1. The Balaban J connectivity index is 2.28. The zero-order valence-electron chi connectivity index (χ0n) is 10.2. The lowest BCUT2D eigenvalue weighted by molar-refractivity contribution is 0.0992. The molecule has 0 fully saturated rings. The van der Waals surface area contributed by atoms with E-state index in [4.69, 9.17) is 5.26 Å². The molecule has 0 saturated carbocycles. The second kappa shape index (κ2) is 5.27. The zero-order chi connectivity index (χ0) is 13.8. The lowest BCUT2D eigenvalue weighted by Gasteiger charge is -2.17. The van der Waals surface area contributed by atoms with E-state index in [0.29, 0.717) is 11.3 Å². The first-order valence-electron chi connectivity index (χ1n) is 5.51. The summed E-state index contributed by atoms with van der Waals surface area (Å²) in [5, 5.41) is 8.82.